The van der Waals surface area contributed by atoms with Crippen LogP contribution in [-0.2, 0) is 5.41 Å². The van der Waals surface area contributed by atoms with Crippen molar-refractivity contribution in [3.63, 3.8) is 0 Å². The molecule has 1 saturated carbocycles. The quantitative estimate of drug-likeness (QED) is 0.925. The van der Waals surface area contributed by atoms with Gasteiger partial charge in [-0.1, -0.05) is 36.8 Å². The van der Waals surface area contributed by atoms with E-state index in [2.05, 4.69) is 42.6 Å². The summed E-state index contributed by atoms with van der Waals surface area (Å²) >= 11 is 0. The Labute approximate surface area is 120 Å². The summed E-state index contributed by atoms with van der Waals surface area (Å²) in [4.78, 5) is 9.59. The average Bonchev–Trinajstić information content (AvgIpc) is 2.43. The maximum atomic E-state index is 4.87. The van der Waals surface area contributed by atoms with Gasteiger partial charge in [0.05, 0.1) is 5.69 Å². The van der Waals surface area contributed by atoms with Gasteiger partial charge < -0.3 is 5.32 Å². The smallest absolute Gasteiger partial charge is 0.136 e. The lowest BCUT2D eigenvalue weighted by Gasteiger charge is -2.40. The van der Waals surface area contributed by atoms with E-state index in [0.29, 0.717) is 0 Å². The van der Waals surface area contributed by atoms with Gasteiger partial charge in [0.15, 0.2) is 0 Å². The Hall–Kier alpha value is -1.74. The molecule has 3 heteroatoms. The van der Waals surface area contributed by atoms with Gasteiger partial charge in [-0.15, -0.1) is 0 Å². The Balaban J connectivity index is 2.03. The lowest BCUT2D eigenvalue weighted by atomic mass is 9.68. The van der Waals surface area contributed by atoms with Crippen LogP contribution in [0.15, 0.2) is 36.4 Å². The van der Waals surface area contributed by atoms with E-state index >= 15 is 0 Å². The fourth-order valence-corrected chi connectivity index (χ4v) is 2.98. The largest absolute Gasteiger partial charge is 0.319 e. The highest BCUT2D eigenvalue weighted by Crippen LogP contribution is 2.42. The number of aryl methyl sites for hydroxylation is 1. The number of rotatable bonds is 4. The summed E-state index contributed by atoms with van der Waals surface area (Å²) in [5.41, 5.74) is 3.40. The van der Waals surface area contributed by atoms with Crippen LogP contribution in [0.4, 0.5) is 0 Å². The molecule has 3 rings (SSSR count). The summed E-state index contributed by atoms with van der Waals surface area (Å²) in [6.45, 7) is 3.02. The van der Waals surface area contributed by atoms with Crippen LogP contribution >= 0.6 is 0 Å². The van der Waals surface area contributed by atoms with E-state index in [1.807, 2.05) is 13.1 Å². The van der Waals surface area contributed by atoms with Crippen LogP contribution in [0.2, 0.25) is 0 Å². The van der Waals surface area contributed by atoms with Crippen molar-refractivity contribution in [2.24, 2.45) is 0 Å². The van der Waals surface area contributed by atoms with E-state index in [-0.39, 0.29) is 5.41 Å². The molecule has 1 aliphatic rings. The van der Waals surface area contributed by atoms with Crippen molar-refractivity contribution in [3.05, 3.63) is 47.9 Å². The Kier molecular flexibility index (Phi) is 3.53. The highest BCUT2D eigenvalue weighted by Gasteiger charge is 2.41. The molecule has 0 spiro atoms. The van der Waals surface area contributed by atoms with Gasteiger partial charge in [0, 0.05) is 23.2 Å². The number of hydrogen-bond acceptors (Lipinski definition) is 3. The number of nitrogens with one attached hydrogen (secondary N) is 1. The molecular weight excluding hydrogens is 246 g/mol. The molecule has 0 radical (unpaired) electrons. The maximum absolute atomic E-state index is 4.87. The normalized spacial score (nSPS) is 16.7. The molecule has 1 aromatic heterocycles. The SMILES string of the molecule is CNCC1(c2nc(C)cc(-c3ccccc3)n2)CCC1. The predicted molar refractivity (Wildman–Crippen MR) is 81.7 cm³/mol. The van der Waals surface area contributed by atoms with Crippen LogP contribution in [0.3, 0.4) is 0 Å². The maximum Gasteiger partial charge on any atom is 0.136 e. The molecule has 0 amide bonds. The summed E-state index contributed by atoms with van der Waals surface area (Å²) in [5, 5.41) is 3.31. The molecule has 1 aromatic carbocycles. The first-order chi connectivity index (χ1) is 9.73. The van der Waals surface area contributed by atoms with E-state index in [1.165, 1.54) is 19.3 Å². The Morgan fingerprint density at radius 1 is 1.15 bits per heavy atom. The number of nitrogens with zero attached hydrogens (tertiary/aromatic N) is 2. The third-order valence-electron chi connectivity index (χ3n) is 4.22. The molecule has 0 saturated heterocycles. The summed E-state index contributed by atoms with van der Waals surface area (Å²) < 4.78 is 0. The van der Waals surface area contributed by atoms with Gasteiger partial charge in [-0.25, -0.2) is 9.97 Å². The predicted octanol–water partition coefficient (Wildman–Crippen LogP) is 3.09. The molecule has 3 nitrogen and oxygen atoms in total. The Morgan fingerprint density at radius 3 is 2.50 bits per heavy atom. The summed E-state index contributed by atoms with van der Waals surface area (Å²) in [6, 6.07) is 12.4. The first-order valence-electron chi connectivity index (χ1n) is 7.30. The lowest BCUT2D eigenvalue weighted by Crippen LogP contribution is -2.44. The molecule has 2 aromatic rings. The molecular formula is C17H21N3. The molecule has 0 unspecified atom stereocenters. The van der Waals surface area contributed by atoms with Crippen molar-refractivity contribution < 1.29 is 0 Å². The van der Waals surface area contributed by atoms with E-state index in [9.17, 15) is 0 Å². The topological polar surface area (TPSA) is 37.8 Å². The van der Waals surface area contributed by atoms with E-state index in [0.717, 1.165) is 29.3 Å². The standard InChI is InChI=1S/C17H21N3/c1-13-11-15(14-7-4-3-5-8-14)20-16(19-13)17(12-18-2)9-6-10-17/h3-5,7-8,11,18H,6,9-10,12H2,1-2H3. The second-order valence-electron chi connectivity index (χ2n) is 5.75. The zero-order valence-corrected chi connectivity index (χ0v) is 12.2. The molecule has 0 aliphatic heterocycles. The molecule has 1 aliphatic carbocycles. The van der Waals surface area contributed by atoms with Crippen LogP contribution in [0, 0.1) is 6.92 Å². The highest BCUT2D eigenvalue weighted by molar-refractivity contribution is 5.59. The van der Waals surface area contributed by atoms with E-state index < -0.39 is 0 Å². The summed E-state index contributed by atoms with van der Waals surface area (Å²) in [5.74, 6) is 1.01. The van der Waals surface area contributed by atoms with Gasteiger partial charge in [-0.05, 0) is 32.9 Å². The van der Waals surface area contributed by atoms with Gasteiger partial charge in [0.25, 0.3) is 0 Å². The van der Waals surface area contributed by atoms with Crippen LogP contribution in [0.1, 0.15) is 30.8 Å². The van der Waals surface area contributed by atoms with Crippen LogP contribution in [0.5, 0.6) is 0 Å². The molecule has 20 heavy (non-hydrogen) atoms. The van der Waals surface area contributed by atoms with Crippen LogP contribution in [0.25, 0.3) is 11.3 Å². The Morgan fingerprint density at radius 2 is 1.90 bits per heavy atom. The summed E-state index contributed by atoms with van der Waals surface area (Å²) in [6.07, 6.45) is 3.65. The molecule has 0 bridgehead atoms. The number of hydrogen-bond donors (Lipinski definition) is 1. The molecule has 0 atom stereocenters. The van der Waals surface area contributed by atoms with E-state index in [4.69, 9.17) is 9.97 Å². The van der Waals surface area contributed by atoms with Gasteiger partial charge in [-0.3, -0.25) is 0 Å². The molecule has 1 N–H and O–H groups in total. The van der Waals surface area contributed by atoms with E-state index in [1.54, 1.807) is 0 Å². The fraction of sp³-hybridized carbons (Fsp3) is 0.412. The average molecular weight is 267 g/mol. The monoisotopic (exact) mass is 267 g/mol. The van der Waals surface area contributed by atoms with Crippen molar-refractivity contribution in [2.45, 2.75) is 31.6 Å². The molecule has 1 fully saturated rings. The van der Waals surface area contributed by atoms with Crippen molar-refractivity contribution in [3.8, 4) is 11.3 Å². The second-order valence-corrected chi connectivity index (χ2v) is 5.75. The van der Waals surface area contributed by atoms with Crippen molar-refractivity contribution in [2.75, 3.05) is 13.6 Å². The first kappa shape index (κ1) is 13.3. The zero-order chi connectivity index (χ0) is 14.0. The van der Waals surface area contributed by atoms with Crippen molar-refractivity contribution >= 4 is 0 Å². The van der Waals surface area contributed by atoms with Gasteiger partial charge in [0.1, 0.15) is 5.82 Å². The van der Waals surface area contributed by atoms with Gasteiger partial charge in [-0.2, -0.15) is 0 Å². The third-order valence-corrected chi connectivity index (χ3v) is 4.22. The Bertz CT molecular complexity index is 588. The number of likely N-dealkylation sites (N-methyl/N-ethyl adjacent to an activating group) is 1. The first-order valence-corrected chi connectivity index (χ1v) is 7.30. The van der Waals surface area contributed by atoms with Gasteiger partial charge >= 0.3 is 0 Å². The van der Waals surface area contributed by atoms with Crippen LogP contribution < -0.4 is 5.32 Å². The minimum absolute atomic E-state index is 0.143. The molecule has 104 valence electrons. The fourth-order valence-electron chi connectivity index (χ4n) is 2.98. The van der Waals surface area contributed by atoms with Gasteiger partial charge in [0.2, 0.25) is 0 Å². The van der Waals surface area contributed by atoms with Crippen molar-refractivity contribution in [1.29, 1.82) is 0 Å². The second kappa shape index (κ2) is 5.33. The minimum Gasteiger partial charge on any atom is -0.319 e. The number of aromatic nitrogens is 2. The zero-order valence-electron chi connectivity index (χ0n) is 12.2. The summed E-state index contributed by atoms with van der Waals surface area (Å²) in [7, 11) is 2.01. The minimum atomic E-state index is 0.143. The number of benzene rings is 1. The van der Waals surface area contributed by atoms with Crippen molar-refractivity contribution in [1.82, 2.24) is 15.3 Å². The molecule has 1 heterocycles. The third kappa shape index (κ3) is 2.34. The lowest BCUT2D eigenvalue weighted by molar-refractivity contribution is 0.224. The van der Waals surface area contributed by atoms with Crippen LogP contribution in [-0.4, -0.2) is 23.6 Å². The highest BCUT2D eigenvalue weighted by atomic mass is 15.0.